The number of nitrogens with zero attached hydrogens (tertiary/aromatic N) is 2. The van der Waals surface area contributed by atoms with Gasteiger partial charge in [-0.2, -0.15) is 0 Å². The second-order valence-corrected chi connectivity index (χ2v) is 9.99. The maximum atomic E-state index is 12.3. The second-order valence-electron chi connectivity index (χ2n) is 9.08. The molecule has 176 valence electrons. The Balaban J connectivity index is 1.33. The highest BCUT2D eigenvalue weighted by molar-refractivity contribution is 9.10. The summed E-state index contributed by atoms with van der Waals surface area (Å²) in [5.74, 6) is 1.65. The molecule has 3 aromatic carbocycles. The van der Waals surface area contributed by atoms with Crippen LogP contribution in [-0.4, -0.2) is 22.0 Å². The fourth-order valence-corrected chi connectivity index (χ4v) is 4.60. The summed E-state index contributed by atoms with van der Waals surface area (Å²) in [6.07, 6.45) is 3.97. The number of nitrogens with one attached hydrogen (secondary N) is 1. The molecule has 0 bridgehead atoms. The number of imidazole rings is 1. The number of unbranched alkanes of at least 4 members (excludes halogenated alkanes) is 2. The minimum atomic E-state index is -0.0217. The lowest BCUT2D eigenvalue weighted by Gasteiger charge is -2.11. The number of benzene rings is 3. The molecule has 1 amide bonds. The summed E-state index contributed by atoms with van der Waals surface area (Å²) in [5.41, 5.74) is 5.59. The lowest BCUT2D eigenvalue weighted by atomic mass is 10.0. The van der Waals surface area contributed by atoms with Crippen LogP contribution >= 0.6 is 15.9 Å². The van der Waals surface area contributed by atoms with E-state index in [2.05, 4.69) is 88.2 Å². The van der Waals surface area contributed by atoms with Crippen LogP contribution in [0.15, 0.2) is 77.3 Å². The lowest BCUT2D eigenvalue weighted by molar-refractivity contribution is 0.0953. The van der Waals surface area contributed by atoms with Gasteiger partial charge in [0.1, 0.15) is 5.82 Å². The van der Waals surface area contributed by atoms with Crippen LogP contribution in [0, 0.1) is 0 Å². The SMILES string of the molecule is CC(C)c1ccc(Cn2c(CCCCCNC(=O)c3cccc(Br)c3)nc3ccccc32)cc1. The van der Waals surface area contributed by atoms with Crippen LogP contribution in [0.5, 0.6) is 0 Å². The summed E-state index contributed by atoms with van der Waals surface area (Å²) < 4.78 is 3.27. The minimum absolute atomic E-state index is 0.0217. The number of para-hydroxylation sites is 2. The maximum Gasteiger partial charge on any atom is 0.251 e. The van der Waals surface area contributed by atoms with Crippen LogP contribution in [0.1, 0.15) is 66.3 Å². The Morgan fingerprint density at radius 2 is 1.76 bits per heavy atom. The quantitative estimate of drug-likeness (QED) is 0.227. The Morgan fingerprint density at radius 1 is 0.971 bits per heavy atom. The van der Waals surface area contributed by atoms with Gasteiger partial charge >= 0.3 is 0 Å². The maximum absolute atomic E-state index is 12.3. The average molecular weight is 518 g/mol. The number of amides is 1. The molecule has 0 radical (unpaired) electrons. The molecular weight excluding hydrogens is 486 g/mol. The van der Waals surface area contributed by atoms with Crippen molar-refractivity contribution in [2.24, 2.45) is 0 Å². The molecular formula is C29H32BrN3O. The highest BCUT2D eigenvalue weighted by Crippen LogP contribution is 2.21. The molecule has 0 unspecified atom stereocenters. The minimum Gasteiger partial charge on any atom is -0.352 e. The summed E-state index contributed by atoms with van der Waals surface area (Å²) in [7, 11) is 0. The Bertz CT molecular complexity index is 1240. The van der Waals surface area contributed by atoms with Gasteiger partial charge in [0.15, 0.2) is 0 Å². The molecule has 0 atom stereocenters. The summed E-state index contributed by atoms with van der Waals surface area (Å²) in [6, 6.07) is 24.8. The van der Waals surface area contributed by atoms with E-state index < -0.39 is 0 Å². The third-order valence-corrected chi connectivity index (χ3v) is 6.66. The van der Waals surface area contributed by atoms with Crippen LogP contribution < -0.4 is 5.32 Å². The number of aryl methyl sites for hydroxylation is 1. The molecule has 5 heteroatoms. The number of halogens is 1. The second kappa shape index (κ2) is 11.5. The zero-order valence-corrected chi connectivity index (χ0v) is 21.5. The van der Waals surface area contributed by atoms with Gasteiger partial charge in [0.2, 0.25) is 0 Å². The van der Waals surface area contributed by atoms with E-state index >= 15 is 0 Å². The highest BCUT2D eigenvalue weighted by Gasteiger charge is 2.11. The first-order chi connectivity index (χ1) is 16.5. The van der Waals surface area contributed by atoms with Gasteiger partial charge in [-0.15, -0.1) is 0 Å². The molecule has 1 heterocycles. The van der Waals surface area contributed by atoms with Crippen molar-refractivity contribution in [2.75, 3.05) is 6.54 Å². The van der Waals surface area contributed by atoms with E-state index in [1.165, 1.54) is 16.6 Å². The first-order valence-electron chi connectivity index (χ1n) is 12.1. The third kappa shape index (κ3) is 6.15. The number of hydrogen-bond acceptors (Lipinski definition) is 2. The fourth-order valence-electron chi connectivity index (χ4n) is 4.20. The standard InChI is InChI=1S/C29H32BrN3O/c1-21(2)23-16-14-22(15-17-23)20-33-27-12-6-5-11-26(27)32-28(33)13-4-3-7-18-31-29(34)24-9-8-10-25(30)19-24/h5-6,8-12,14-17,19,21H,3-4,7,13,18,20H2,1-2H3,(H,31,34). The van der Waals surface area contributed by atoms with E-state index in [0.717, 1.165) is 48.0 Å². The van der Waals surface area contributed by atoms with Crippen molar-refractivity contribution in [3.8, 4) is 0 Å². The van der Waals surface area contributed by atoms with Crippen molar-refractivity contribution in [3.05, 3.63) is 99.8 Å². The van der Waals surface area contributed by atoms with E-state index in [1.54, 1.807) is 0 Å². The molecule has 0 aliphatic carbocycles. The lowest BCUT2D eigenvalue weighted by Crippen LogP contribution is -2.24. The van der Waals surface area contributed by atoms with Crippen LogP contribution in [0.4, 0.5) is 0 Å². The molecule has 4 aromatic rings. The Morgan fingerprint density at radius 3 is 2.53 bits per heavy atom. The van der Waals surface area contributed by atoms with Crippen LogP contribution in [-0.2, 0) is 13.0 Å². The summed E-state index contributed by atoms with van der Waals surface area (Å²) in [5, 5.41) is 3.02. The van der Waals surface area contributed by atoms with Crippen molar-refractivity contribution in [2.45, 2.75) is 52.0 Å². The normalized spacial score (nSPS) is 11.3. The first kappa shape index (κ1) is 24.2. The molecule has 4 rings (SSSR count). The number of rotatable bonds is 10. The van der Waals surface area contributed by atoms with Crippen molar-refractivity contribution >= 4 is 32.9 Å². The van der Waals surface area contributed by atoms with Crippen LogP contribution in [0.2, 0.25) is 0 Å². The number of hydrogen-bond donors (Lipinski definition) is 1. The van der Waals surface area contributed by atoms with Gasteiger partial charge in [-0.1, -0.05) is 78.7 Å². The first-order valence-corrected chi connectivity index (χ1v) is 12.9. The molecule has 0 spiro atoms. The topological polar surface area (TPSA) is 46.9 Å². The molecule has 0 aliphatic heterocycles. The van der Waals surface area contributed by atoms with Crippen molar-refractivity contribution < 1.29 is 4.79 Å². The molecule has 0 fully saturated rings. The number of carbonyl (C=O) groups is 1. The van der Waals surface area contributed by atoms with Gasteiger partial charge in [-0.05, 0) is 60.2 Å². The monoisotopic (exact) mass is 517 g/mol. The zero-order valence-electron chi connectivity index (χ0n) is 19.9. The fraction of sp³-hybridized carbons (Fsp3) is 0.310. The van der Waals surface area contributed by atoms with Gasteiger partial charge in [0, 0.05) is 29.5 Å². The molecule has 0 aliphatic rings. The van der Waals surface area contributed by atoms with Crippen molar-refractivity contribution in [3.63, 3.8) is 0 Å². The molecule has 34 heavy (non-hydrogen) atoms. The smallest absolute Gasteiger partial charge is 0.251 e. The van der Waals surface area contributed by atoms with Gasteiger partial charge in [0.05, 0.1) is 11.0 Å². The molecule has 1 aromatic heterocycles. The van der Waals surface area contributed by atoms with Gasteiger partial charge < -0.3 is 9.88 Å². The summed E-state index contributed by atoms with van der Waals surface area (Å²) in [6.45, 7) is 5.96. The Kier molecular flexibility index (Phi) is 8.17. The Labute approximate surface area is 210 Å². The number of fused-ring (bicyclic) bond motifs is 1. The third-order valence-electron chi connectivity index (χ3n) is 6.17. The van der Waals surface area contributed by atoms with Gasteiger partial charge in [0.25, 0.3) is 5.91 Å². The van der Waals surface area contributed by atoms with Gasteiger partial charge in [-0.25, -0.2) is 4.98 Å². The molecule has 0 saturated heterocycles. The summed E-state index contributed by atoms with van der Waals surface area (Å²) >= 11 is 3.41. The summed E-state index contributed by atoms with van der Waals surface area (Å²) in [4.78, 5) is 17.2. The molecule has 0 saturated carbocycles. The van der Waals surface area contributed by atoms with E-state index in [0.29, 0.717) is 18.0 Å². The van der Waals surface area contributed by atoms with Crippen molar-refractivity contribution in [1.29, 1.82) is 0 Å². The number of carbonyl (C=O) groups excluding carboxylic acids is 1. The van der Waals surface area contributed by atoms with Crippen LogP contribution in [0.3, 0.4) is 0 Å². The average Bonchev–Trinajstić information content (AvgIpc) is 3.18. The van der Waals surface area contributed by atoms with E-state index in [-0.39, 0.29) is 5.91 Å². The van der Waals surface area contributed by atoms with Crippen LogP contribution in [0.25, 0.3) is 11.0 Å². The predicted molar refractivity (Wildman–Crippen MR) is 143 cm³/mol. The van der Waals surface area contributed by atoms with Gasteiger partial charge in [-0.3, -0.25) is 4.79 Å². The zero-order chi connectivity index (χ0) is 23.9. The molecule has 4 nitrogen and oxygen atoms in total. The number of aromatic nitrogens is 2. The Hall–Kier alpha value is -2.92. The highest BCUT2D eigenvalue weighted by atomic mass is 79.9. The predicted octanol–water partition coefficient (Wildman–Crippen LogP) is 7.11. The van der Waals surface area contributed by atoms with E-state index in [9.17, 15) is 4.79 Å². The largest absolute Gasteiger partial charge is 0.352 e. The van der Waals surface area contributed by atoms with E-state index in [4.69, 9.17) is 4.98 Å². The molecule has 1 N–H and O–H groups in total. The van der Waals surface area contributed by atoms with Crippen molar-refractivity contribution in [1.82, 2.24) is 14.9 Å². The van der Waals surface area contributed by atoms with E-state index in [1.807, 2.05) is 24.3 Å².